The minimum Gasteiger partial charge on any atom is -0.398 e. The number of aromatic nitrogens is 6. The molecular formula is C27H24ClFN8O. The Bertz CT molecular complexity index is 1630. The Labute approximate surface area is 222 Å². The molecule has 3 heterocycles. The average molecular weight is 531 g/mol. The third-order valence-electron chi connectivity index (χ3n) is 6.96. The van der Waals surface area contributed by atoms with Crippen LogP contribution in [0.3, 0.4) is 0 Å². The maximum Gasteiger partial charge on any atom is 0.253 e. The molecule has 9 nitrogen and oxygen atoms in total. The van der Waals surface area contributed by atoms with E-state index in [1.807, 2.05) is 6.07 Å². The Balaban J connectivity index is 1.39. The van der Waals surface area contributed by atoms with Gasteiger partial charge in [0.25, 0.3) is 5.91 Å². The maximum atomic E-state index is 15.0. The van der Waals surface area contributed by atoms with Crippen molar-refractivity contribution in [1.29, 1.82) is 0 Å². The summed E-state index contributed by atoms with van der Waals surface area (Å²) < 4.78 is 17.1. The Morgan fingerprint density at radius 2 is 2.03 bits per heavy atom. The van der Waals surface area contributed by atoms with Crippen LogP contribution >= 0.6 is 11.6 Å². The number of amides is 1. The standard InChI is InChI=1S/C27H24ClFN8O/c28-15-8-9-21(30)19(10-15)27(38)34-16-4-3-5-17(11-16)37-24-12-22(25-32-14-33-36-25)31-13-23(24)35-26(37)18-6-1-2-7-20(18)29/h1-2,6-10,12-14,16-17H,3-5,11,30H2,(H,34,38)(H,32,33,36)/t16-,17+/m0/s1. The van der Waals surface area contributed by atoms with Crippen LogP contribution in [0.25, 0.3) is 33.9 Å². The maximum absolute atomic E-state index is 15.0. The van der Waals surface area contributed by atoms with Crippen LogP contribution in [-0.2, 0) is 0 Å². The van der Waals surface area contributed by atoms with Crippen molar-refractivity contribution < 1.29 is 9.18 Å². The number of rotatable bonds is 5. The van der Waals surface area contributed by atoms with E-state index in [0.29, 0.717) is 51.1 Å². The highest BCUT2D eigenvalue weighted by Crippen LogP contribution is 2.37. The van der Waals surface area contributed by atoms with Crippen LogP contribution in [0.4, 0.5) is 10.1 Å². The van der Waals surface area contributed by atoms with Crippen molar-refractivity contribution in [2.24, 2.45) is 0 Å². The molecule has 6 rings (SSSR count). The van der Waals surface area contributed by atoms with Gasteiger partial charge in [0.15, 0.2) is 5.82 Å². The first kappa shape index (κ1) is 24.1. The van der Waals surface area contributed by atoms with Crippen LogP contribution in [0.15, 0.2) is 61.1 Å². The molecule has 38 heavy (non-hydrogen) atoms. The molecule has 4 N–H and O–H groups in total. The van der Waals surface area contributed by atoms with Crippen molar-refractivity contribution in [1.82, 2.24) is 35.0 Å². The van der Waals surface area contributed by atoms with E-state index in [0.717, 1.165) is 24.8 Å². The first-order valence-electron chi connectivity index (χ1n) is 12.3. The van der Waals surface area contributed by atoms with E-state index in [9.17, 15) is 9.18 Å². The molecular weight excluding hydrogens is 507 g/mol. The molecule has 2 atom stereocenters. The molecule has 0 bridgehead atoms. The van der Waals surface area contributed by atoms with Crippen LogP contribution in [0.5, 0.6) is 0 Å². The van der Waals surface area contributed by atoms with Crippen LogP contribution in [0, 0.1) is 5.82 Å². The summed E-state index contributed by atoms with van der Waals surface area (Å²) in [5.74, 6) is 0.424. The summed E-state index contributed by atoms with van der Waals surface area (Å²) in [6, 6.07) is 13.2. The predicted octanol–water partition coefficient (Wildman–Crippen LogP) is 5.17. The van der Waals surface area contributed by atoms with Gasteiger partial charge >= 0.3 is 0 Å². The smallest absolute Gasteiger partial charge is 0.253 e. The van der Waals surface area contributed by atoms with Gasteiger partial charge in [-0.1, -0.05) is 23.7 Å². The number of halogens is 2. The van der Waals surface area contributed by atoms with Crippen molar-refractivity contribution in [3.8, 4) is 22.9 Å². The number of H-pyrrole nitrogens is 1. The zero-order chi connectivity index (χ0) is 26.2. The number of pyridine rings is 1. The number of nitrogen functional groups attached to an aromatic ring is 1. The number of imidazole rings is 1. The topological polar surface area (TPSA) is 127 Å². The van der Waals surface area contributed by atoms with Gasteiger partial charge in [-0.3, -0.25) is 14.9 Å². The van der Waals surface area contributed by atoms with Gasteiger partial charge in [-0.2, -0.15) is 5.10 Å². The van der Waals surface area contributed by atoms with Gasteiger partial charge in [0, 0.05) is 22.8 Å². The summed E-state index contributed by atoms with van der Waals surface area (Å²) in [6.07, 6.45) is 6.26. The number of nitrogens with one attached hydrogen (secondary N) is 2. The zero-order valence-electron chi connectivity index (χ0n) is 20.2. The van der Waals surface area contributed by atoms with E-state index in [1.54, 1.807) is 42.6 Å². The third kappa shape index (κ3) is 4.47. The number of carbonyl (C=O) groups is 1. The Morgan fingerprint density at radius 1 is 1.16 bits per heavy atom. The van der Waals surface area contributed by atoms with E-state index >= 15 is 0 Å². The minimum atomic E-state index is -0.357. The number of hydrogen-bond donors (Lipinski definition) is 3. The number of hydrogen-bond acceptors (Lipinski definition) is 6. The fraction of sp³-hybridized carbons (Fsp3) is 0.222. The highest BCUT2D eigenvalue weighted by molar-refractivity contribution is 6.31. The number of nitrogens with zero attached hydrogens (tertiary/aromatic N) is 5. The fourth-order valence-electron chi connectivity index (χ4n) is 5.18. The van der Waals surface area contributed by atoms with Crippen molar-refractivity contribution in [2.75, 3.05) is 5.73 Å². The summed E-state index contributed by atoms with van der Waals surface area (Å²) in [5, 5.41) is 10.3. The van der Waals surface area contributed by atoms with E-state index in [-0.39, 0.29) is 23.8 Å². The highest BCUT2D eigenvalue weighted by Gasteiger charge is 2.29. The molecule has 1 saturated carbocycles. The SMILES string of the molecule is Nc1ccc(Cl)cc1C(=O)N[C@H]1CCC[C@@H](n2c(-c3ccccc3F)nc3cnc(-c4ncn[nH]4)cc32)C1. The van der Waals surface area contributed by atoms with Crippen LogP contribution in [-0.4, -0.2) is 41.7 Å². The first-order chi connectivity index (χ1) is 18.5. The van der Waals surface area contributed by atoms with Crippen LogP contribution < -0.4 is 11.1 Å². The molecule has 0 unspecified atom stereocenters. The summed E-state index contributed by atoms with van der Waals surface area (Å²) in [4.78, 5) is 26.6. The first-order valence-corrected chi connectivity index (χ1v) is 12.7. The van der Waals surface area contributed by atoms with E-state index in [2.05, 4.69) is 30.0 Å². The lowest BCUT2D eigenvalue weighted by atomic mass is 9.90. The molecule has 0 radical (unpaired) electrons. The summed E-state index contributed by atoms with van der Waals surface area (Å²) >= 11 is 6.10. The lowest BCUT2D eigenvalue weighted by Gasteiger charge is -2.32. The molecule has 0 saturated heterocycles. The molecule has 0 aliphatic heterocycles. The molecule has 192 valence electrons. The Morgan fingerprint density at radius 3 is 2.84 bits per heavy atom. The molecule has 1 aliphatic rings. The average Bonchev–Trinajstić information content (AvgIpc) is 3.58. The van der Waals surface area contributed by atoms with Gasteiger partial charge < -0.3 is 15.6 Å². The number of benzene rings is 2. The molecule has 2 aromatic carbocycles. The molecule has 3 aromatic heterocycles. The molecule has 0 spiro atoms. The van der Waals surface area contributed by atoms with Crippen LogP contribution in [0.1, 0.15) is 42.1 Å². The molecule has 1 fully saturated rings. The van der Waals surface area contributed by atoms with Crippen molar-refractivity contribution in [3.63, 3.8) is 0 Å². The fourth-order valence-corrected chi connectivity index (χ4v) is 5.35. The lowest BCUT2D eigenvalue weighted by molar-refractivity contribution is 0.0922. The number of aromatic amines is 1. The molecule has 11 heteroatoms. The zero-order valence-corrected chi connectivity index (χ0v) is 21.0. The number of carbonyl (C=O) groups excluding carboxylic acids is 1. The third-order valence-corrected chi connectivity index (χ3v) is 7.19. The van der Waals surface area contributed by atoms with Gasteiger partial charge in [-0.25, -0.2) is 14.4 Å². The van der Waals surface area contributed by atoms with Crippen molar-refractivity contribution in [2.45, 2.75) is 37.8 Å². The summed E-state index contributed by atoms with van der Waals surface area (Å²) in [7, 11) is 0. The predicted molar refractivity (Wildman–Crippen MR) is 143 cm³/mol. The Kier molecular flexibility index (Phi) is 6.24. The molecule has 1 aliphatic carbocycles. The van der Waals surface area contributed by atoms with Gasteiger partial charge in [-0.05, 0) is 62.1 Å². The van der Waals surface area contributed by atoms with E-state index < -0.39 is 0 Å². The molecule has 1 amide bonds. The number of nitrogens with two attached hydrogens (primary N) is 1. The van der Waals surface area contributed by atoms with Crippen molar-refractivity contribution >= 4 is 34.2 Å². The monoisotopic (exact) mass is 530 g/mol. The second-order valence-corrected chi connectivity index (χ2v) is 9.84. The number of fused-ring (bicyclic) bond motifs is 1. The number of anilines is 1. The quantitative estimate of drug-likeness (QED) is 0.269. The Hall–Kier alpha value is -4.31. The second kappa shape index (κ2) is 9.86. The van der Waals surface area contributed by atoms with Gasteiger partial charge in [0.05, 0.1) is 22.8 Å². The van der Waals surface area contributed by atoms with Crippen molar-refractivity contribution in [3.05, 3.63) is 77.5 Å². The van der Waals surface area contributed by atoms with E-state index in [4.69, 9.17) is 22.3 Å². The normalized spacial score (nSPS) is 17.5. The summed E-state index contributed by atoms with van der Waals surface area (Å²) in [6.45, 7) is 0. The summed E-state index contributed by atoms with van der Waals surface area (Å²) in [5.41, 5.74) is 9.21. The largest absolute Gasteiger partial charge is 0.398 e. The van der Waals surface area contributed by atoms with Gasteiger partial charge in [0.1, 0.15) is 29.2 Å². The highest BCUT2D eigenvalue weighted by atomic mass is 35.5. The lowest BCUT2D eigenvalue weighted by Crippen LogP contribution is -2.39. The van der Waals surface area contributed by atoms with Gasteiger partial charge in [-0.15, -0.1) is 0 Å². The van der Waals surface area contributed by atoms with Crippen LogP contribution in [0.2, 0.25) is 5.02 Å². The minimum absolute atomic E-state index is 0.0460. The van der Waals surface area contributed by atoms with Gasteiger partial charge in [0.2, 0.25) is 0 Å². The van der Waals surface area contributed by atoms with E-state index in [1.165, 1.54) is 12.4 Å². The molecule has 5 aromatic rings. The second-order valence-electron chi connectivity index (χ2n) is 9.40.